The Bertz CT molecular complexity index is 479. The molecule has 2 atom stereocenters. The standard InChI is InChI=1S/C17H24O3/c1-12(7-9-18)13-4-5-15(19)16(10-13)20-14-6-8-17(2,3)11-14/h4-5,9-10,12,14,19H,6-8,11H2,1-3H3. The Balaban J connectivity index is 2.11. The number of carbonyl (C=O) groups excluding carboxylic acids is 1. The molecule has 20 heavy (non-hydrogen) atoms. The number of rotatable bonds is 5. The lowest BCUT2D eigenvalue weighted by Crippen LogP contribution is -2.15. The highest BCUT2D eigenvalue weighted by Gasteiger charge is 2.32. The number of phenols is 1. The number of aromatic hydroxyl groups is 1. The highest BCUT2D eigenvalue weighted by atomic mass is 16.5. The van der Waals surface area contributed by atoms with Crippen LogP contribution in [-0.4, -0.2) is 17.5 Å². The van der Waals surface area contributed by atoms with E-state index in [2.05, 4.69) is 13.8 Å². The van der Waals surface area contributed by atoms with Gasteiger partial charge in [-0.1, -0.05) is 26.8 Å². The lowest BCUT2D eigenvalue weighted by molar-refractivity contribution is -0.108. The van der Waals surface area contributed by atoms with E-state index >= 15 is 0 Å². The third-order valence-electron chi connectivity index (χ3n) is 4.22. The number of phenolic OH excluding ortho intramolecular Hbond substituents is 1. The summed E-state index contributed by atoms with van der Waals surface area (Å²) in [5, 5.41) is 9.94. The molecule has 1 aliphatic rings. The number of hydrogen-bond donors (Lipinski definition) is 1. The summed E-state index contributed by atoms with van der Waals surface area (Å²) in [7, 11) is 0. The molecule has 3 nitrogen and oxygen atoms in total. The average molecular weight is 276 g/mol. The third kappa shape index (κ3) is 3.53. The van der Waals surface area contributed by atoms with Crippen LogP contribution in [0.25, 0.3) is 0 Å². The second-order valence-electron chi connectivity index (χ2n) is 6.68. The summed E-state index contributed by atoms with van der Waals surface area (Å²) >= 11 is 0. The molecule has 1 fully saturated rings. The highest BCUT2D eigenvalue weighted by Crippen LogP contribution is 2.40. The van der Waals surface area contributed by atoms with E-state index < -0.39 is 0 Å². The maximum atomic E-state index is 10.6. The number of benzene rings is 1. The van der Waals surface area contributed by atoms with Gasteiger partial charge in [0.05, 0.1) is 6.10 Å². The molecule has 110 valence electrons. The SMILES string of the molecule is CC(CC=O)c1ccc(O)c(OC2CCC(C)(C)C2)c1. The van der Waals surface area contributed by atoms with Gasteiger partial charge in [0.25, 0.3) is 0 Å². The molecule has 1 N–H and O–H groups in total. The Kier molecular flexibility index (Phi) is 4.36. The van der Waals surface area contributed by atoms with Gasteiger partial charge in [-0.25, -0.2) is 0 Å². The van der Waals surface area contributed by atoms with Crippen molar-refractivity contribution < 1.29 is 14.6 Å². The number of hydrogen-bond acceptors (Lipinski definition) is 3. The zero-order valence-corrected chi connectivity index (χ0v) is 12.6. The Labute approximate surface area is 121 Å². The van der Waals surface area contributed by atoms with Crippen LogP contribution in [0.2, 0.25) is 0 Å². The maximum absolute atomic E-state index is 10.6. The van der Waals surface area contributed by atoms with Gasteiger partial charge in [-0.3, -0.25) is 0 Å². The summed E-state index contributed by atoms with van der Waals surface area (Å²) in [6, 6.07) is 5.38. The molecule has 1 aliphatic carbocycles. The normalized spacial score (nSPS) is 22.4. The molecule has 1 saturated carbocycles. The Morgan fingerprint density at radius 2 is 2.25 bits per heavy atom. The molecule has 2 rings (SSSR count). The van der Waals surface area contributed by atoms with Crippen LogP contribution in [0.1, 0.15) is 57.9 Å². The molecule has 0 bridgehead atoms. The maximum Gasteiger partial charge on any atom is 0.161 e. The number of ether oxygens (including phenoxy) is 1. The Hall–Kier alpha value is -1.51. The first-order chi connectivity index (χ1) is 9.41. The summed E-state index contributed by atoms with van der Waals surface area (Å²) in [5.74, 6) is 0.871. The van der Waals surface area contributed by atoms with Crippen molar-refractivity contribution in [3.05, 3.63) is 23.8 Å². The van der Waals surface area contributed by atoms with Crippen LogP contribution in [0.15, 0.2) is 18.2 Å². The molecule has 2 unspecified atom stereocenters. The highest BCUT2D eigenvalue weighted by molar-refractivity contribution is 5.52. The van der Waals surface area contributed by atoms with Crippen LogP contribution in [0, 0.1) is 5.41 Å². The monoisotopic (exact) mass is 276 g/mol. The molecule has 0 aromatic heterocycles. The van der Waals surface area contributed by atoms with Crippen LogP contribution in [0.5, 0.6) is 11.5 Å². The van der Waals surface area contributed by atoms with Crippen LogP contribution < -0.4 is 4.74 Å². The average Bonchev–Trinajstić information content (AvgIpc) is 2.72. The summed E-state index contributed by atoms with van der Waals surface area (Å²) in [5.41, 5.74) is 1.35. The van der Waals surface area contributed by atoms with Gasteiger partial charge in [0.15, 0.2) is 11.5 Å². The molecule has 0 amide bonds. The Morgan fingerprint density at radius 3 is 2.85 bits per heavy atom. The zero-order valence-electron chi connectivity index (χ0n) is 12.6. The third-order valence-corrected chi connectivity index (χ3v) is 4.22. The minimum Gasteiger partial charge on any atom is -0.504 e. The molecule has 0 heterocycles. The Morgan fingerprint density at radius 1 is 1.50 bits per heavy atom. The predicted octanol–water partition coefficient (Wildman–Crippen LogP) is 4.04. The van der Waals surface area contributed by atoms with E-state index in [0.717, 1.165) is 31.1 Å². The molecule has 3 heteroatoms. The van der Waals surface area contributed by atoms with E-state index in [-0.39, 0.29) is 17.8 Å². The molecular weight excluding hydrogens is 252 g/mol. The summed E-state index contributed by atoms with van der Waals surface area (Å²) in [6.45, 7) is 6.50. The molecule has 0 saturated heterocycles. The van der Waals surface area contributed by atoms with Gasteiger partial charge < -0.3 is 14.6 Å². The first-order valence-electron chi connectivity index (χ1n) is 7.34. The second kappa shape index (κ2) is 5.86. The van der Waals surface area contributed by atoms with Gasteiger partial charge >= 0.3 is 0 Å². The molecule has 1 aromatic carbocycles. The smallest absolute Gasteiger partial charge is 0.161 e. The molecule has 0 spiro atoms. The lowest BCUT2D eigenvalue weighted by Gasteiger charge is -2.19. The summed E-state index contributed by atoms with van der Waals surface area (Å²) < 4.78 is 5.97. The first-order valence-corrected chi connectivity index (χ1v) is 7.34. The van der Waals surface area contributed by atoms with Crippen LogP contribution >= 0.6 is 0 Å². The van der Waals surface area contributed by atoms with E-state index in [4.69, 9.17) is 4.74 Å². The van der Waals surface area contributed by atoms with E-state index in [0.29, 0.717) is 17.6 Å². The number of aldehydes is 1. The van der Waals surface area contributed by atoms with Gasteiger partial charge in [0.2, 0.25) is 0 Å². The van der Waals surface area contributed by atoms with Crippen molar-refractivity contribution in [2.24, 2.45) is 5.41 Å². The first kappa shape index (κ1) is 14.9. The van der Waals surface area contributed by atoms with Crippen molar-refractivity contribution in [3.8, 4) is 11.5 Å². The molecule has 0 aliphatic heterocycles. The summed E-state index contributed by atoms with van der Waals surface area (Å²) in [4.78, 5) is 10.6. The quantitative estimate of drug-likeness (QED) is 0.825. The summed E-state index contributed by atoms with van der Waals surface area (Å²) in [6.07, 6.45) is 4.78. The predicted molar refractivity (Wildman–Crippen MR) is 79.3 cm³/mol. The van der Waals surface area contributed by atoms with Crippen molar-refractivity contribution in [3.63, 3.8) is 0 Å². The number of carbonyl (C=O) groups is 1. The minimum absolute atomic E-state index is 0.149. The van der Waals surface area contributed by atoms with Gasteiger partial charge in [-0.2, -0.15) is 0 Å². The lowest BCUT2D eigenvalue weighted by atomic mass is 9.92. The molecule has 1 aromatic rings. The van der Waals surface area contributed by atoms with Crippen LogP contribution in [0.3, 0.4) is 0 Å². The zero-order chi connectivity index (χ0) is 14.8. The van der Waals surface area contributed by atoms with Gasteiger partial charge in [0.1, 0.15) is 6.29 Å². The largest absolute Gasteiger partial charge is 0.504 e. The fraction of sp³-hybridized carbons (Fsp3) is 0.588. The van der Waals surface area contributed by atoms with E-state index in [1.165, 1.54) is 0 Å². The van der Waals surface area contributed by atoms with Crippen molar-refractivity contribution in [1.82, 2.24) is 0 Å². The van der Waals surface area contributed by atoms with Crippen molar-refractivity contribution in [2.45, 2.75) is 58.5 Å². The van der Waals surface area contributed by atoms with E-state index in [9.17, 15) is 9.90 Å². The van der Waals surface area contributed by atoms with Gasteiger partial charge in [0, 0.05) is 6.42 Å². The van der Waals surface area contributed by atoms with E-state index in [1.54, 1.807) is 6.07 Å². The second-order valence-corrected chi connectivity index (χ2v) is 6.68. The van der Waals surface area contributed by atoms with E-state index in [1.807, 2.05) is 19.1 Å². The van der Waals surface area contributed by atoms with Gasteiger partial charge in [-0.05, 0) is 48.3 Å². The van der Waals surface area contributed by atoms with Gasteiger partial charge in [-0.15, -0.1) is 0 Å². The minimum atomic E-state index is 0.149. The van der Waals surface area contributed by atoms with Crippen LogP contribution in [-0.2, 0) is 4.79 Å². The topological polar surface area (TPSA) is 46.5 Å². The van der Waals surface area contributed by atoms with Crippen molar-refractivity contribution >= 4 is 6.29 Å². The fourth-order valence-electron chi connectivity index (χ4n) is 2.86. The van der Waals surface area contributed by atoms with Crippen LogP contribution in [0.4, 0.5) is 0 Å². The van der Waals surface area contributed by atoms with Crippen molar-refractivity contribution in [1.29, 1.82) is 0 Å². The fourth-order valence-corrected chi connectivity index (χ4v) is 2.86. The molecule has 0 radical (unpaired) electrons. The van der Waals surface area contributed by atoms with Crippen molar-refractivity contribution in [2.75, 3.05) is 0 Å². The molecular formula is C17H24O3.